The van der Waals surface area contributed by atoms with Crippen LogP contribution in [0.3, 0.4) is 0 Å². The number of halogens is 2. The zero-order valence-corrected chi connectivity index (χ0v) is 18.5. The third-order valence-corrected chi connectivity index (χ3v) is 4.93. The van der Waals surface area contributed by atoms with Crippen LogP contribution in [0.1, 0.15) is 0 Å². The molecule has 0 unspecified atom stereocenters. The van der Waals surface area contributed by atoms with Gasteiger partial charge in [-0.25, -0.2) is 9.97 Å². The average molecular weight is 459 g/mol. The van der Waals surface area contributed by atoms with E-state index in [1.54, 1.807) is 0 Å². The number of ether oxygens (including phenoxy) is 1. The molecule has 4 rings (SSSR count). The molecule has 31 heavy (non-hydrogen) atoms. The maximum absolute atomic E-state index is 6.16. The molecule has 2 heterocycles. The second kappa shape index (κ2) is 12.4. The quantitative estimate of drug-likeness (QED) is 0.422. The van der Waals surface area contributed by atoms with Crippen LogP contribution in [0.25, 0.3) is 11.4 Å². The van der Waals surface area contributed by atoms with Crippen LogP contribution in [-0.2, 0) is 4.74 Å². The van der Waals surface area contributed by atoms with Crippen LogP contribution in [0, 0.1) is 0 Å². The van der Waals surface area contributed by atoms with E-state index in [1.165, 1.54) is 0 Å². The Labute approximate surface area is 191 Å². The Morgan fingerprint density at radius 1 is 0.871 bits per heavy atom. The molecule has 0 spiro atoms. The van der Waals surface area contributed by atoms with E-state index in [0.29, 0.717) is 11.5 Å². The lowest BCUT2D eigenvalue weighted by Gasteiger charge is -2.25. The van der Waals surface area contributed by atoms with E-state index in [1.807, 2.05) is 60.7 Å². The van der Waals surface area contributed by atoms with Gasteiger partial charge < -0.3 is 10.5 Å². The highest BCUT2D eigenvalue weighted by molar-refractivity contribution is 6.37. The Morgan fingerprint density at radius 2 is 1.45 bits per heavy atom. The molecule has 7 nitrogen and oxygen atoms in total. The SMILES string of the molecule is Clc1nc(-c2ccccc2)nc(Cl)c1N=Nc1ccccc1.NCCN1CCOCC1. The van der Waals surface area contributed by atoms with Crippen LogP contribution in [0.2, 0.25) is 10.3 Å². The molecule has 9 heteroatoms. The maximum atomic E-state index is 6.16. The van der Waals surface area contributed by atoms with Crippen molar-refractivity contribution in [2.24, 2.45) is 16.0 Å². The number of rotatable bonds is 5. The van der Waals surface area contributed by atoms with Crippen molar-refractivity contribution in [3.8, 4) is 11.4 Å². The number of nitrogens with zero attached hydrogens (tertiary/aromatic N) is 5. The minimum atomic E-state index is 0.165. The summed E-state index contributed by atoms with van der Waals surface area (Å²) in [5, 5.41) is 8.45. The first-order chi connectivity index (χ1) is 15.2. The second-order valence-corrected chi connectivity index (χ2v) is 7.34. The van der Waals surface area contributed by atoms with Gasteiger partial charge >= 0.3 is 0 Å². The molecular weight excluding hydrogens is 435 g/mol. The van der Waals surface area contributed by atoms with E-state index in [0.717, 1.165) is 45.0 Å². The Kier molecular flexibility index (Phi) is 9.33. The summed E-state index contributed by atoms with van der Waals surface area (Å²) >= 11 is 12.3. The largest absolute Gasteiger partial charge is 0.379 e. The zero-order chi connectivity index (χ0) is 21.9. The number of hydrogen-bond donors (Lipinski definition) is 1. The lowest BCUT2D eigenvalue weighted by atomic mass is 10.2. The molecule has 0 amide bonds. The Bertz CT molecular complexity index is 940. The fourth-order valence-corrected chi connectivity index (χ4v) is 3.27. The molecule has 1 aromatic heterocycles. The van der Waals surface area contributed by atoms with Crippen LogP contribution in [0.5, 0.6) is 0 Å². The fraction of sp³-hybridized carbons (Fsp3) is 0.273. The normalized spacial score (nSPS) is 14.3. The van der Waals surface area contributed by atoms with E-state index >= 15 is 0 Å². The highest BCUT2D eigenvalue weighted by Crippen LogP contribution is 2.33. The van der Waals surface area contributed by atoms with Gasteiger partial charge in [-0.15, -0.1) is 5.11 Å². The molecule has 162 valence electrons. The van der Waals surface area contributed by atoms with E-state index in [2.05, 4.69) is 25.1 Å². The van der Waals surface area contributed by atoms with Gasteiger partial charge in [-0.3, -0.25) is 4.90 Å². The highest BCUT2D eigenvalue weighted by atomic mass is 35.5. The molecule has 1 aliphatic rings. The topological polar surface area (TPSA) is 89.0 Å². The van der Waals surface area contributed by atoms with E-state index in [-0.39, 0.29) is 16.0 Å². The van der Waals surface area contributed by atoms with Crippen LogP contribution in [0.15, 0.2) is 70.9 Å². The van der Waals surface area contributed by atoms with Crippen LogP contribution >= 0.6 is 23.2 Å². The van der Waals surface area contributed by atoms with E-state index in [9.17, 15) is 0 Å². The van der Waals surface area contributed by atoms with Gasteiger partial charge in [-0.05, 0) is 12.1 Å². The van der Waals surface area contributed by atoms with Gasteiger partial charge in [0.15, 0.2) is 21.8 Å². The summed E-state index contributed by atoms with van der Waals surface area (Å²) in [6.45, 7) is 5.64. The lowest BCUT2D eigenvalue weighted by molar-refractivity contribution is 0.0394. The minimum Gasteiger partial charge on any atom is -0.379 e. The summed E-state index contributed by atoms with van der Waals surface area (Å²) < 4.78 is 5.16. The molecule has 0 radical (unpaired) electrons. The van der Waals surface area contributed by atoms with Crippen molar-refractivity contribution in [2.75, 3.05) is 39.4 Å². The molecule has 1 fully saturated rings. The van der Waals surface area contributed by atoms with Crippen LogP contribution in [-0.4, -0.2) is 54.3 Å². The predicted molar refractivity (Wildman–Crippen MR) is 124 cm³/mol. The molecule has 0 bridgehead atoms. The molecule has 2 aromatic carbocycles. The maximum Gasteiger partial charge on any atom is 0.162 e. The van der Waals surface area contributed by atoms with Crippen LogP contribution in [0.4, 0.5) is 11.4 Å². The van der Waals surface area contributed by atoms with E-state index in [4.69, 9.17) is 33.7 Å². The second-order valence-electron chi connectivity index (χ2n) is 6.62. The summed E-state index contributed by atoms with van der Waals surface area (Å²) in [4.78, 5) is 10.8. The first-order valence-electron chi connectivity index (χ1n) is 9.93. The molecule has 0 saturated carbocycles. The van der Waals surface area contributed by atoms with Gasteiger partial charge in [0.25, 0.3) is 0 Å². The molecular formula is C22H24Cl2N6O. The monoisotopic (exact) mass is 458 g/mol. The first-order valence-corrected chi connectivity index (χ1v) is 10.7. The number of nitrogens with two attached hydrogens (primary N) is 1. The molecule has 2 N–H and O–H groups in total. The van der Waals surface area contributed by atoms with Gasteiger partial charge in [0.1, 0.15) is 0 Å². The summed E-state index contributed by atoms with van der Waals surface area (Å²) in [5.74, 6) is 0.453. The number of aromatic nitrogens is 2. The average Bonchev–Trinajstić information content (AvgIpc) is 2.81. The summed E-state index contributed by atoms with van der Waals surface area (Å²) in [6.07, 6.45) is 0. The summed E-state index contributed by atoms with van der Waals surface area (Å²) in [5.41, 5.74) is 7.16. The van der Waals surface area contributed by atoms with Crippen molar-refractivity contribution in [3.05, 3.63) is 71.0 Å². The molecule has 1 saturated heterocycles. The fourth-order valence-electron chi connectivity index (χ4n) is 2.81. The standard InChI is InChI=1S/C16H10Cl2N4.C6H14N2O/c17-14-13(22-21-12-9-5-2-6-10-12)15(18)20-16(19-14)11-7-3-1-4-8-11;7-1-2-8-3-5-9-6-4-8/h1-10H;1-7H2. The number of hydrogen-bond acceptors (Lipinski definition) is 7. The third kappa shape index (κ3) is 7.34. The van der Waals surface area contributed by atoms with Crippen molar-refractivity contribution in [3.63, 3.8) is 0 Å². The van der Waals surface area contributed by atoms with Crippen molar-refractivity contribution in [1.29, 1.82) is 0 Å². The third-order valence-electron chi connectivity index (χ3n) is 4.40. The molecule has 0 atom stereocenters. The summed E-state index contributed by atoms with van der Waals surface area (Å²) in [6, 6.07) is 18.7. The number of morpholine rings is 1. The molecule has 3 aromatic rings. The number of benzene rings is 2. The smallest absolute Gasteiger partial charge is 0.162 e. The van der Waals surface area contributed by atoms with Gasteiger partial charge in [0.05, 0.1) is 18.9 Å². The molecule has 0 aliphatic carbocycles. The first kappa shape index (κ1) is 23.2. The van der Waals surface area contributed by atoms with Crippen molar-refractivity contribution < 1.29 is 4.74 Å². The van der Waals surface area contributed by atoms with Crippen LogP contribution < -0.4 is 5.73 Å². The minimum absolute atomic E-state index is 0.165. The Hall–Kier alpha value is -2.42. The summed E-state index contributed by atoms with van der Waals surface area (Å²) in [7, 11) is 0. The highest BCUT2D eigenvalue weighted by Gasteiger charge is 2.12. The van der Waals surface area contributed by atoms with Crippen molar-refractivity contribution in [2.45, 2.75) is 0 Å². The Balaban J connectivity index is 0.000000254. The van der Waals surface area contributed by atoms with Gasteiger partial charge in [-0.2, -0.15) is 5.11 Å². The molecule has 1 aliphatic heterocycles. The van der Waals surface area contributed by atoms with Gasteiger partial charge in [0.2, 0.25) is 0 Å². The Morgan fingerprint density at radius 3 is 2.03 bits per heavy atom. The van der Waals surface area contributed by atoms with Gasteiger partial charge in [0, 0.05) is 31.7 Å². The van der Waals surface area contributed by atoms with E-state index < -0.39 is 0 Å². The van der Waals surface area contributed by atoms with Crippen molar-refractivity contribution >= 4 is 34.6 Å². The zero-order valence-electron chi connectivity index (χ0n) is 17.0. The predicted octanol–water partition coefficient (Wildman–Crippen LogP) is 5.14. The van der Waals surface area contributed by atoms with Crippen molar-refractivity contribution in [1.82, 2.24) is 14.9 Å². The number of azo groups is 1. The lowest BCUT2D eigenvalue weighted by Crippen LogP contribution is -2.39. The van der Waals surface area contributed by atoms with Gasteiger partial charge in [-0.1, -0.05) is 71.7 Å².